The molecule has 0 heterocycles. The van der Waals surface area contributed by atoms with Crippen molar-refractivity contribution in [3.63, 3.8) is 0 Å². The van der Waals surface area contributed by atoms with Gasteiger partial charge >= 0.3 is 0 Å². The van der Waals surface area contributed by atoms with Gasteiger partial charge in [-0.3, -0.25) is 0 Å². The van der Waals surface area contributed by atoms with Crippen LogP contribution >= 0.6 is 0 Å². The number of hydrogen-bond donors (Lipinski definition) is 2. The van der Waals surface area contributed by atoms with Crippen molar-refractivity contribution in [2.45, 2.75) is 38.2 Å². The van der Waals surface area contributed by atoms with Gasteiger partial charge < -0.3 is 10.4 Å². The molecule has 0 saturated heterocycles. The monoisotopic (exact) mass is 219 g/mol. The van der Waals surface area contributed by atoms with Crippen LogP contribution in [0.15, 0.2) is 24.3 Å². The Balaban J connectivity index is 2.00. The molecule has 1 fully saturated rings. The molecule has 0 aliphatic heterocycles. The van der Waals surface area contributed by atoms with E-state index in [4.69, 9.17) is 0 Å². The summed E-state index contributed by atoms with van der Waals surface area (Å²) in [6.45, 7) is 3.78. The SMILES string of the molecule is CCCNCC(O)c1ccccc1C1CC1. The molecule has 2 rings (SSSR count). The van der Waals surface area contributed by atoms with Crippen LogP contribution in [-0.4, -0.2) is 18.2 Å². The summed E-state index contributed by atoms with van der Waals surface area (Å²) < 4.78 is 0. The van der Waals surface area contributed by atoms with Gasteiger partial charge in [0, 0.05) is 6.54 Å². The predicted octanol–water partition coefficient (Wildman–Crippen LogP) is 2.60. The minimum atomic E-state index is -0.358. The van der Waals surface area contributed by atoms with Crippen molar-refractivity contribution in [1.29, 1.82) is 0 Å². The van der Waals surface area contributed by atoms with Gasteiger partial charge in [0.15, 0.2) is 0 Å². The first-order valence-corrected chi connectivity index (χ1v) is 6.30. The van der Waals surface area contributed by atoms with E-state index in [9.17, 15) is 5.11 Å². The van der Waals surface area contributed by atoms with Gasteiger partial charge in [0.05, 0.1) is 6.10 Å². The summed E-state index contributed by atoms with van der Waals surface area (Å²) >= 11 is 0. The van der Waals surface area contributed by atoms with Gasteiger partial charge in [-0.25, -0.2) is 0 Å². The minimum Gasteiger partial charge on any atom is -0.387 e. The fraction of sp³-hybridized carbons (Fsp3) is 0.571. The fourth-order valence-corrected chi connectivity index (χ4v) is 2.11. The molecule has 1 unspecified atom stereocenters. The molecule has 2 nitrogen and oxygen atoms in total. The quantitative estimate of drug-likeness (QED) is 0.721. The maximum atomic E-state index is 10.1. The topological polar surface area (TPSA) is 32.3 Å². The summed E-state index contributed by atoms with van der Waals surface area (Å²) in [4.78, 5) is 0. The molecule has 2 heteroatoms. The molecule has 16 heavy (non-hydrogen) atoms. The summed E-state index contributed by atoms with van der Waals surface area (Å²) in [5.41, 5.74) is 2.47. The molecular formula is C14H21NO. The standard InChI is InChI=1S/C14H21NO/c1-2-9-15-10-14(16)13-6-4-3-5-12(13)11-7-8-11/h3-6,11,14-16H,2,7-10H2,1H3. The van der Waals surface area contributed by atoms with Crippen LogP contribution in [0.1, 0.15) is 49.3 Å². The highest BCUT2D eigenvalue weighted by Gasteiger charge is 2.27. The molecule has 0 bridgehead atoms. The zero-order chi connectivity index (χ0) is 11.4. The molecule has 1 aromatic rings. The second-order valence-corrected chi connectivity index (χ2v) is 4.62. The highest BCUT2D eigenvalue weighted by Crippen LogP contribution is 2.42. The van der Waals surface area contributed by atoms with E-state index in [1.54, 1.807) is 0 Å². The van der Waals surface area contributed by atoms with Crippen LogP contribution < -0.4 is 5.32 Å². The van der Waals surface area contributed by atoms with Gasteiger partial charge in [-0.05, 0) is 42.9 Å². The van der Waals surface area contributed by atoms with E-state index in [1.165, 1.54) is 18.4 Å². The summed E-state index contributed by atoms with van der Waals surface area (Å²) in [5.74, 6) is 0.706. The molecular weight excluding hydrogens is 198 g/mol. The number of benzene rings is 1. The van der Waals surface area contributed by atoms with Crippen LogP contribution in [0.25, 0.3) is 0 Å². The maximum absolute atomic E-state index is 10.1. The van der Waals surface area contributed by atoms with E-state index in [0.717, 1.165) is 18.5 Å². The lowest BCUT2D eigenvalue weighted by Crippen LogP contribution is -2.22. The number of hydrogen-bond acceptors (Lipinski definition) is 2. The summed E-state index contributed by atoms with van der Waals surface area (Å²) in [5, 5.41) is 13.4. The van der Waals surface area contributed by atoms with Crippen molar-refractivity contribution >= 4 is 0 Å². The lowest BCUT2D eigenvalue weighted by Gasteiger charge is -2.15. The molecule has 1 atom stereocenters. The highest BCUT2D eigenvalue weighted by atomic mass is 16.3. The molecule has 0 amide bonds. The summed E-state index contributed by atoms with van der Waals surface area (Å²) in [6, 6.07) is 8.32. The fourth-order valence-electron chi connectivity index (χ4n) is 2.11. The van der Waals surface area contributed by atoms with Gasteiger partial charge in [0.1, 0.15) is 0 Å². The maximum Gasteiger partial charge on any atom is 0.0917 e. The van der Waals surface area contributed by atoms with Crippen molar-refractivity contribution in [2.24, 2.45) is 0 Å². The van der Waals surface area contributed by atoms with Gasteiger partial charge in [0.25, 0.3) is 0 Å². The first-order valence-electron chi connectivity index (χ1n) is 6.30. The lowest BCUT2D eigenvalue weighted by molar-refractivity contribution is 0.174. The average molecular weight is 219 g/mol. The summed E-state index contributed by atoms with van der Waals surface area (Å²) in [6.07, 6.45) is 3.32. The van der Waals surface area contributed by atoms with Crippen LogP contribution in [0.2, 0.25) is 0 Å². The molecule has 1 saturated carbocycles. The normalized spacial score (nSPS) is 17.4. The van der Waals surface area contributed by atoms with Crippen LogP contribution in [0.4, 0.5) is 0 Å². The van der Waals surface area contributed by atoms with Crippen LogP contribution in [0.5, 0.6) is 0 Å². The first kappa shape index (κ1) is 11.6. The van der Waals surface area contributed by atoms with Crippen molar-refractivity contribution in [2.75, 3.05) is 13.1 Å². The molecule has 0 spiro atoms. The van der Waals surface area contributed by atoms with Gasteiger partial charge in [-0.2, -0.15) is 0 Å². The Morgan fingerprint density at radius 1 is 1.38 bits per heavy atom. The van der Waals surface area contributed by atoms with Crippen LogP contribution in [-0.2, 0) is 0 Å². The first-order chi connectivity index (χ1) is 7.83. The Labute approximate surface area is 97.7 Å². The molecule has 2 N–H and O–H groups in total. The van der Waals surface area contributed by atoms with E-state index in [2.05, 4.69) is 30.4 Å². The predicted molar refractivity (Wildman–Crippen MR) is 66.5 cm³/mol. The van der Waals surface area contributed by atoms with E-state index in [0.29, 0.717) is 12.5 Å². The van der Waals surface area contributed by atoms with Gasteiger partial charge in [-0.15, -0.1) is 0 Å². The third kappa shape index (κ3) is 2.83. The molecule has 0 radical (unpaired) electrons. The Bertz CT molecular complexity index is 333. The Morgan fingerprint density at radius 3 is 2.81 bits per heavy atom. The zero-order valence-electron chi connectivity index (χ0n) is 9.95. The average Bonchev–Trinajstić information content (AvgIpc) is 3.13. The van der Waals surface area contributed by atoms with Gasteiger partial charge in [0.2, 0.25) is 0 Å². The van der Waals surface area contributed by atoms with Gasteiger partial charge in [-0.1, -0.05) is 31.2 Å². The third-order valence-electron chi connectivity index (χ3n) is 3.14. The van der Waals surface area contributed by atoms with Crippen molar-refractivity contribution in [1.82, 2.24) is 5.32 Å². The zero-order valence-corrected chi connectivity index (χ0v) is 9.95. The van der Waals surface area contributed by atoms with E-state index < -0.39 is 0 Å². The second kappa shape index (κ2) is 5.46. The summed E-state index contributed by atoms with van der Waals surface area (Å²) in [7, 11) is 0. The minimum absolute atomic E-state index is 0.358. The number of nitrogens with one attached hydrogen (secondary N) is 1. The number of aliphatic hydroxyl groups is 1. The second-order valence-electron chi connectivity index (χ2n) is 4.62. The molecule has 1 aliphatic carbocycles. The number of aliphatic hydroxyl groups excluding tert-OH is 1. The van der Waals surface area contributed by atoms with Crippen molar-refractivity contribution in [3.8, 4) is 0 Å². The molecule has 1 aliphatic rings. The lowest BCUT2D eigenvalue weighted by atomic mass is 9.99. The third-order valence-corrected chi connectivity index (χ3v) is 3.14. The molecule has 1 aromatic carbocycles. The largest absolute Gasteiger partial charge is 0.387 e. The van der Waals surface area contributed by atoms with E-state index in [-0.39, 0.29) is 6.10 Å². The van der Waals surface area contributed by atoms with Crippen LogP contribution in [0.3, 0.4) is 0 Å². The molecule has 0 aromatic heterocycles. The Kier molecular flexibility index (Phi) is 3.97. The Hall–Kier alpha value is -0.860. The smallest absolute Gasteiger partial charge is 0.0917 e. The van der Waals surface area contributed by atoms with Crippen LogP contribution in [0, 0.1) is 0 Å². The number of rotatable bonds is 6. The van der Waals surface area contributed by atoms with E-state index in [1.807, 2.05) is 6.07 Å². The van der Waals surface area contributed by atoms with Crippen molar-refractivity contribution in [3.05, 3.63) is 35.4 Å². The Morgan fingerprint density at radius 2 is 2.12 bits per heavy atom. The highest BCUT2D eigenvalue weighted by molar-refractivity contribution is 5.34. The van der Waals surface area contributed by atoms with Crippen molar-refractivity contribution < 1.29 is 5.11 Å². The van der Waals surface area contributed by atoms with E-state index >= 15 is 0 Å². The molecule has 88 valence electrons.